The number of para-hydroxylation sites is 1. The van der Waals surface area contributed by atoms with Crippen LogP contribution >= 0.6 is 0 Å². The molecule has 1 radical (unpaired) electrons. The molecule has 0 spiro atoms. The van der Waals surface area contributed by atoms with Crippen molar-refractivity contribution < 1.29 is 14.3 Å². The van der Waals surface area contributed by atoms with Gasteiger partial charge in [-0.1, -0.05) is 48.5 Å². The standard InChI is InChI=1S/C16H12O3.C3H6O.K/c17-15-13(10-11-6-2-1-3-7-11)12-8-4-5-9-14(12)19-16(15)18;1-3(2)4;/h1-9,17H,10H2;1-2H3;. The van der Waals surface area contributed by atoms with Crippen LogP contribution < -0.4 is 5.63 Å². The fourth-order valence-electron chi connectivity index (χ4n) is 2.18. The molecular formula is C19H18KO4. The second kappa shape index (κ2) is 9.91. The van der Waals surface area contributed by atoms with E-state index in [1.54, 1.807) is 12.1 Å². The van der Waals surface area contributed by atoms with Gasteiger partial charge in [0.1, 0.15) is 11.4 Å². The Morgan fingerprint density at radius 1 is 1.00 bits per heavy atom. The first-order valence-corrected chi connectivity index (χ1v) is 7.24. The maximum Gasteiger partial charge on any atom is 0.379 e. The van der Waals surface area contributed by atoms with E-state index in [1.807, 2.05) is 42.5 Å². The molecule has 1 N–H and O–H groups in total. The van der Waals surface area contributed by atoms with Crippen molar-refractivity contribution in [2.75, 3.05) is 0 Å². The van der Waals surface area contributed by atoms with Crippen LogP contribution in [0.25, 0.3) is 11.0 Å². The van der Waals surface area contributed by atoms with Gasteiger partial charge in [-0.05, 0) is 25.5 Å². The summed E-state index contributed by atoms with van der Waals surface area (Å²) < 4.78 is 5.07. The molecule has 1 aromatic heterocycles. The maximum absolute atomic E-state index is 11.6. The van der Waals surface area contributed by atoms with Crippen molar-refractivity contribution in [3.05, 3.63) is 76.1 Å². The quantitative estimate of drug-likeness (QED) is 0.569. The van der Waals surface area contributed by atoms with Gasteiger partial charge in [0.25, 0.3) is 0 Å². The van der Waals surface area contributed by atoms with E-state index in [0.717, 1.165) is 10.9 Å². The van der Waals surface area contributed by atoms with Crippen LogP contribution in [0.2, 0.25) is 0 Å². The Kier molecular flexibility index (Phi) is 8.59. The van der Waals surface area contributed by atoms with E-state index in [0.29, 0.717) is 17.6 Å². The van der Waals surface area contributed by atoms with Crippen LogP contribution in [0.5, 0.6) is 5.75 Å². The molecule has 5 heteroatoms. The maximum atomic E-state index is 11.6. The number of hydrogen-bond donors (Lipinski definition) is 1. The van der Waals surface area contributed by atoms with E-state index in [9.17, 15) is 14.7 Å². The van der Waals surface area contributed by atoms with Gasteiger partial charge < -0.3 is 14.3 Å². The molecule has 3 rings (SSSR count). The first-order valence-electron chi connectivity index (χ1n) is 7.24. The molecule has 2 aromatic carbocycles. The van der Waals surface area contributed by atoms with Gasteiger partial charge in [0.2, 0.25) is 5.75 Å². The molecule has 0 fully saturated rings. The Bertz CT molecular complexity index is 865. The van der Waals surface area contributed by atoms with Gasteiger partial charge in [0.05, 0.1) is 0 Å². The molecule has 119 valence electrons. The number of carbonyl (C=O) groups excluding carboxylic acids is 1. The van der Waals surface area contributed by atoms with Crippen molar-refractivity contribution in [1.82, 2.24) is 0 Å². The monoisotopic (exact) mass is 349 g/mol. The van der Waals surface area contributed by atoms with Crippen LogP contribution in [0.15, 0.2) is 63.8 Å². The smallest absolute Gasteiger partial charge is 0.379 e. The number of carbonyl (C=O) groups is 1. The normalized spacial score (nSPS) is 9.58. The van der Waals surface area contributed by atoms with Crippen LogP contribution in [0.1, 0.15) is 25.0 Å². The number of ketones is 1. The van der Waals surface area contributed by atoms with E-state index in [2.05, 4.69) is 0 Å². The fourth-order valence-corrected chi connectivity index (χ4v) is 2.18. The molecular weight excluding hydrogens is 331 g/mol. The third-order valence-corrected chi connectivity index (χ3v) is 3.12. The summed E-state index contributed by atoms with van der Waals surface area (Å²) in [6.45, 7) is 3.06. The van der Waals surface area contributed by atoms with Crippen molar-refractivity contribution >= 4 is 68.1 Å². The summed E-state index contributed by atoms with van der Waals surface area (Å²) in [7, 11) is 0. The number of hydrogen-bond acceptors (Lipinski definition) is 4. The van der Waals surface area contributed by atoms with Gasteiger partial charge in [-0.25, -0.2) is 4.79 Å². The van der Waals surface area contributed by atoms with E-state index >= 15 is 0 Å². The minimum absolute atomic E-state index is 0. The average molecular weight is 349 g/mol. The summed E-state index contributed by atoms with van der Waals surface area (Å²) >= 11 is 0. The molecule has 0 unspecified atom stereocenters. The van der Waals surface area contributed by atoms with Crippen LogP contribution in [0, 0.1) is 0 Å². The first-order chi connectivity index (χ1) is 11.0. The zero-order chi connectivity index (χ0) is 16.8. The van der Waals surface area contributed by atoms with Gasteiger partial charge in [0, 0.05) is 68.8 Å². The molecule has 0 saturated carbocycles. The molecule has 0 aliphatic carbocycles. The molecule has 3 aromatic rings. The summed E-state index contributed by atoms with van der Waals surface area (Å²) in [6, 6.07) is 16.9. The van der Waals surface area contributed by atoms with Gasteiger partial charge in [-0.15, -0.1) is 0 Å². The molecule has 0 bridgehead atoms. The predicted octanol–water partition coefficient (Wildman–Crippen LogP) is 3.30. The summed E-state index contributed by atoms with van der Waals surface area (Å²) in [6.07, 6.45) is 0.499. The summed E-state index contributed by atoms with van der Waals surface area (Å²) in [4.78, 5) is 21.1. The largest absolute Gasteiger partial charge is 0.502 e. The third kappa shape index (κ3) is 5.68. The van der Waals surface area contributed by atoms with Crippen molar-refractivity contribution in [2.45, 2.75) is 20.3 Å². The topological polar surface area (TPSA) is 67.5 Å². The molecule has 1 heterocycles. The van der Waals surface area contributed by atoms with Crippen molar-refractivity contribution in [2.24, 2.45) is 0 Å². The van der Waals surface area contributed by atoms with Gasteiger partial charge in [-0.2, -0.15) is 0 Å². The second-order valence-corrected chi connectivity index (χ2v) is 5.28. The average Bonchev–Trinajstić information content (AvgIpc) is 2.52. The Balaban J connectivity index is 0.000000522. The molecule has 4 nitrogen and oxygen atoms in total. The van der Waals surface area contributed by atoms with Crippen LogP contribution in [-0.2, 0) is 11.2 Å². The molecule has 0 aliphatic heterocycles. The van der Waals surface area contributed by atoms with E-state index in [4.69, 9.17) is 4.42 Å². The number of benzene rings is 2. The summed E-state index contributed by atoms with van der Waals surface area (Å²) in [5.74, 6) is -0.137. The Morgan fingerprint density at radius 2 is 1.54 bits per heavy atom. The van der Waals surface area contributed by atoms with Crippen LogP contribution in [0.3, 0.4) is 0 Å². The number of aromatic hydroxyl groups is 1. The third-order valence-electron chi connectivity index (χ3n) is 3.12. The Hall–Kier alpha value is -1.24. The number of Topliss-reactive ketones (excluding diaryl/α,β-unsaturated/α-hetero) is 1. The number of fused-ring (bicyclic) bond motifs is 1. The van der Waals surface area contributed by atoms with Crippen LogP contribution in [-0.4, -0.2) is 62.3 Å². The van der Waals surface area contributed by atoms with Crippen molar-refractivity contribution in [3.8, 4) is 5.75 Å². The van der Waals surface area contributed by atoms with Crippen molar-refractivity contribution in [3.63, 3.8) is 0 Å². The zero-order valence-corrected chi connectivity index (χ0v) is 17.2. The number of rotatable bonds is 2. The summed E-state index contributed by atoms with van der Waals surface area (Å²) in [5.41, 5.74) is 1.45. The van der Waals surface area contributed by atoms with Gasteiger partial charge in [-0.3, -0.25) is 0 Å². The summed E-state index contributed by atoms with van der Waals surface area (Å²) in [5, 5.41) is 10.7. The van der Waals surface area contributed by atoms with E-state index in [-0.39, 0.29) is 62.9 Å². The Morgan fingerprint density at radius 3 is 2.17 bits per heavy atom. The van der Waals surface area contributed by atoms with E-state index < -0.39 is 5.63 Å². The minimum atomic E-state index is -0.690. The molecule has 0 aliphatic rings. The fraction of sp³-hybridized carbons (Fsp3) is 0.158. The minimum Gasteiger partial charge on any atom is -0.502 e. The molecule has 0 amide bonds. The molecule has 0 saturated heterocycles. The van der Waals surface area contributed by atoms with Gasteiger partial charge >= 0.3 is 5.63 Å². The second-order valence-electron chi connectivity index (χ2n) is 5.28. The zero-order valence-electron chi connectivity index (χ0n) is 14.1. The van der Waals surface area contributed by atoms with Crippen LogP contribution in [0.4, 0.5) is 0 Å². The van der Waals surface area contributed by atoms with Crippen molar-refractivity contribution in [1.29, 1.82) is 0 Å². The first kappa shape index (κ1) is 20.8. The molecule has 24 heavy (non-hydrogen) atoms. The Labute approximate surface area is 182 Å². The van der Waals surface area contributed by atoms with Gasteiger partial charge in [0.15, 0.2) is 0 Å². The molecule has 0 atom stereocenters. The predicted molar refractivity (Wildman–Crippen MR) is 95.5 cm³/mol. The SMILES string of the molecule is CC(C)=O.O=c1oc2ccccc2c(Cc2ccccc2)c1O.[K]. The van der Waals surface area contributed by atoms with E-state index in [1.165, 1.54) is 13.8 Å².